The van der Waals surface area contributed by atoms with Gasteiger partial charge in [-0.25, -0.2) is 0 Å². The van der Waals surface area contributed by atoms with Crippen LogP contribution in [0.4, 0.5) is 0 Å². The van der Waals surface area contributed by atoms with Crippen LogP contribution >= 0.6 is 0 Å². The highest BCUT2D eigenvalue weighted by Gasteiger charge is 2.24. The molecule has 92 valence electrons. The van der Waals surface area contributed by atoms with E-state index in [2.05, 4.69) is 36.2 Å². The van der Waals surface area contributed by atoms with Crippen molar-refractivity contribution in [1.29, 1.82) is 0 Å². The molecule has 1 N–H and O–H groups in total. The lowest BCUT2D eigenvalue weighted by atomic mass is 9.90. The largest absolute Gasteiger partial charge is 0.481 e. The van der Waals surface area contributed by atoms with Crippen LogP contribution in [0, 0.1) is 0 Å². The van der Waals surface area contributed by atoms with Crippen LogP contribution in [0.1, 0.15) is 29.9 Å². The fourth-order valence-corrected chi connectivity index (χ4v) is 2.36. The second-order valence-corrected chi connectivity index (χ2v) is 4.91. The van der Waals surface area contributed by atoms with E-state index in [1.54, 1.807) is 0 Å². The molecule has 0 aliphatic carbocycles. The molecule has 2 rings (SSSR count). The first-order valence-electron chi connectivity index (χ1n) is 6.14. The predicted octanol–water partition coefficient (Wildman–Crippen LogP) is 2.12. The summed E-state index contributed by atoms with van der Waals surface area (Å²) in [6, 6.07) is 8.59. The minimum Gasteiger partial charge on any atom is -0.481 e. The third kappa shape index (κ3) is 3.30. The van der Waals surface area contributed by atoms with Crippen molar-refractivity contribution in [3.8, 4) is 0 Å². The van der Waals surface area contributed by atoms with Gasteiger partial charge >= 0.3 is 5.97 Å². The van der Waals surface area contributed by atoms with Crippen molar-refractivity contribution in [3.63, 3.8) is 0 Å². The molecule has 1 saturated heterocycles. The highest BCUT2D eigenvalue weighted by Crippen LogP contribution is 2.26. The zero-order valence-electron chi connectivity index (χ0n) is 10.2. The van der Waals surface area contributed by atoms with E-state index in [4.69, 9.17) is 5.11 Å². The molecule has 3 nitrogen and oxygen atoms in total. The van der Waals surface area contributed by atoms with Crippen LogP contribution in [-0.2, 0) is 11.2 Å². The van der Waals surface area contributed by atoms with Gasteiger partial charge in [-0.3, -0.25) is 4.79 Å². The van der Waals surface area contributed by atoms with Crippen molar-refractivity contribution in [2.24, 2.45) is 0 Å². The Morgan fingerprint density at radius 2 is 2.24 bits per heavy atom. The van der Waals surface area contributed by atoms with E-state index in [1.165, 1.54) is 11.1 Å². The fourth-order valence-electron chi connectivity index (χ4n) is 2.36. The number of aliphatic carboxylic acids is 1. The fraction of sp³-hybridized carbons (Fsp3) is 0.500. The number of hydrogen-bond acceptors (Lipinski definition) is 2. The Balaban J connectivity index is 1.90. The maximum Gasteiger partial charge on any atom is 0.303 e. The van der Waals surface area contributed by atoms with Gasteiger partial charge in [0.2, 0.25) is 0 Å². The highest BCUT2D eigenvalue weighted by atomic mass is 16.4. The van der Waals surface area contributed by atoms with Crippen LogP contribution in [-0.4, -0.2) is 36.1 Å². The zero-order valence-corrected chi connectivity index (χ0v) is 10.2. The Morgan fingerprint density at radius 1 is 1.47 bits per heavy atom. The van der Waals surface area contributed by atoms with Crippen LogP contribution in [0.25, 0.3) is 0 Å². The molecule has 0 aromatic heterocycles. The van der Waals surface area contributed by atoms with Crippen LogP contribution in [0.5, 0.6) is 0 Å². The molecular formula is C14H19NO2. The van der Waals surface area contributed by atoms with Gasteiger partial charge in [0.05, 0.1) is 0 Å². The molecule has 0 atom stereocenters. The maximum atomic E-state index is 10.5. The standard InChI is InChI=1S/C14H19NO2/c1-15-9-13(10-15)12-6-2-4-11(8-12)5-3-7-14(16)17/h2,4,6,8,13H,3,5,7,9-10H2,1H3,(H,16,17). The number of carbonyl (C=O) groups is 1. The van der Waals surface area contributed by atoms with Gasteiger partial charge in [0.25, 0.3) is 0 Å². The van der Waals surface area contributed by atoms with Crippen molar-refractivity contribution in [3.05, 3.63) is 35.4 Å². The van der Waals surface area contributed by atoms with E-state index in [0.29, 0.717) is 5.92 Å². The summed E-state index contributed by atoms with van der Waals surface area (Å²) in [7, 11) is 2.13. The topological polar surface area (TPSA) is 40.5 Å². The summed E-state index contributed by atoms with van der Waals surface area (Å²) >= 11 is 0. The second-order valence-electron chi connectivity index (χ2n) is 4.91. The number of likely N-dealkylation sites (N-methyl/N-ethyl adjacent to an activating group) is 1. The highest BCUT2D eigenvalue weighted by molar-refractivity contribution is 5.66. The molecule has 0 bridgehead atoms. The number of benzene rings is 1. The Morgan fingerprint density at radius 3 is 2.88 bits per heavy atom. The van der Waals surface area contributed by atoms with E-state index in [0.717, 1.165) is 25.9 Å². The molecule has 0 saturated carbocycles. The number of carboxylic acid groups (broad SMARTS) is 1. The summed E-state index contributed by atoms with van der Waals surface area (Å²) in [5, 5.41) is 8.61. The van der Waals surface area contributed by atoms with E-state index >= 15 is 0 Å². The molecule has 0 unspecified atom stereocenters. The molecule has 1 aliphatic rings. The first-order chi connectivity index (χ1) is 8.15. The molecule has 0 spiro atoms. The van der Waals surface area contributed by atoms with Crippen molar-refractivity contribution >= 4 is 5.97 Å². The van der Waals surface area contributed by atoms with Gasteiger partial charge in [0, 0.05) is 25.4 Å². The minimum atomic E-state index is -0.707. The van der Waals surface area contributed by atoms with Gasteiger partial charge in [-0.1, -0.05) is 24.3 Å². The minimum absolute atomic E-state index is 0.260. The SMILES string of the molecule is CN1CC(c2cccc(CCCC(=O)O)c2)C1. The Kier molecular flexibility index (Phi) is 3.79. The van der Waals surface area contributed by atoms with Gasteiger partial charge < -0.3 is 10.0 Å². The Labute approximate surface area is 102 Å². The lowest BCUT2D eigenvalue weighted by molar-refractivity contribution is -0.137. The summed E-state index contributed by atoms with van der Waals surface area (Å²) in [5.74, 6) is -0.0406. The molecule has 1 aromatic carbocycles. The summed E-state index contributed by atoms with van der Waals surface area (Å²) in [4.78, 5) is 12.8. The third-order valence-corrected chi connectivity index (χ3v) is 3.34. The van der Waals surface area contributed by atoms with Crippen molar-refractivity contribution in [1.82, 2.24) is 4.90 Å². The number of nitrogens with zero attached hydrogens (tertiary/aromatic N) is 1. The van der Waals surface area contributed by atoms with Crippen LogP contribution in [0.3, 0.4) is 0 Å². The van der Waals surface area contributed by atoms with Gasteiger partial charge in [0.1, 0.15) is 0 Å². The van der Waals surface area contributed by atoms with E-state index in [9.17, 15) is 4.79 Å². The quantitative estimate of drug-likeness (QED) is 0.847. The average Bonchev–Trinajstić information content (AvgIpc) is 2.25. The first-order valence-corrected chi connectivity index (χ1v) is 6.14. The van der Waals surface area contributed by atoms with Crippen molar-refractivity contribution in [2.75, 3.05) is 20.1 Å². The van der Waals surface area contributed by atoms with E-state index < -0.39 is 5.97 Å². The van der Waals surface area contributed by atoms with E-state index in [-0.39, 0.29) is 6.42 Å². The molecule has 1 aliphatic heterocycles. The lowest BCUT2D eigenvalue weighted by Crippen LogP contribution is -2.41. The average molecular weight is 233 g/mol. The normalized spacial score (nSPS) is 16.8. The molecule has 1 fully saturated rings. The molecule has 1 heterocycles. The number of aryl methyl sites for hydroxylation is 1. The van der Waals surface area contributed by atoms with Crippen LogP contribution in [0.2, 0.25) is 0 Å². The third-order valence-electron chi connectivity index (χ3n) is 3.34. The summed E-state index contributed by atoms with van der Waals surface area (Å²) < 4.78 is 0. The summed E-state index contributed by atoms with van der Waals surface area (Å²) in [6.45, 7) is 2.27. The molecule has 0 radical (unpaired) electrons. The summed E-state index contributed by atoms with van der Waals surface area (Å²) in [6.07, 6.45) is 1.85. The molecule has 3 heteroatoms. The molecule has 17 heavy (non-hydrogen) atoms. The number of likely N-dealkylation sites (tertiary alicyclic amines) is 1. The maximum absolute atomic E-state index is 10.5. The molecule has 1 aromatic rings. The van der Waals surface area contributed by atoms with E-state index in [1.807, 2.05) is 0 Å². The predicted molar refractivity (Wildman–Crippen MR) is 67.3 cm³/mol. The van der Waals surface area contributed by atoms with Gasteiger partial charge in [-0.2, -0.15) is 0 Å². The zero-order chi connectivity index (χ0) is 12.3. The summed E-state index contributed by atoms with van der Waals surface area (Å²) in [5.41, 5.74) is 2.66. The van der Waals surface area contributed by atoms with Crippen molar-refractivity contribution in [2.45, 2.75) is 25.2 Å². The monoisotopic (exact) mass is 233 g/mol. The second kappa shape index (κ2) is 5.32. The van der Waals surface area contributed by atoms with Gasteiger partial charge in [-0.05, 0) is 31.0 Å². The lowest BCUT2D eigenvalue weighted by Gasteiger charge is -2.36. The van der Waals surface area contributed by atoms with Crippen LogP contribution < -0.4 is 0 Å². The first kappa shape index (κ1) is 12.1. The van der Waals surface area contributed by atoms with Gasteiger partial charge in [-0.15, -0.1) is 0 Å². The molecular weight excluding hydrogens is 214 g/mol. The Bertz CT molecular complexity index is 397. The molecule has 0 amide bonds. The van der Waals surface area contributed by atoms with Crippen molar-refractivity contribution < 1.29 is 9.90 Å². The van der Waals surface area contributed by atoms with Gasteiger partial charge in [0.15, 0.2) is 0 Å². The number of rotatable bonds is 5. The van der Waals surface area contributed by atoms with Crippen LogP contribution in [0.15, 0.2) is 24.3 Å². The number of hydrogen-bond donors (Lipinski definition) is 1. The Hall–Kier alpha value is -1.35. The smallest absolute Gasteiger partial charge is 0.303 e. The number of carboxylic acids is 1.